The van der Waals surface area contributed by atoms with Gasteiger partial charge in [-0.05, 0) is 19.9 Å². The Hall–Kier alpha value is -0.120. The lowest BCUT2D eigenvalue weighted by Crippen LogP contribution is -2.48. The molecule has 3 N–H and O–H groups in total. The van der Waals surface area contributed by atoms with Crippen molar-refractivity contribution in [2.24, 2.45) is 0 Å². The van der Waals surface area contributed by atoms with Crippen molar-refractivity contribution in [3.05, 3.63) is 0 Å². The quantitative estimate of drug-likeness (QED) is 0.287. The van der Waals surface area contributed by atoms with E-state index in [0.717, 1.165) is 6.54 Å². The monoisotopic (exact) mass is 201 g/mol. The molecular weight excluding hydrogens is 174 g/mol. The zero-order chi connectivity index (χ0) is 10.6. The summed E-state index contributed by atoms with van der Waals surface area (Å²) < 4.78 is 0. The van der Waals surface area contributed by atoms with E-state index in [1.54, 1.807) is 0 Å². The van der Waals surface area contributed by atoms with Crippen LogP contribution in [0, 0.1) is 0 Å². The first-order valence-corrected chi connectivity index (χ1v) is 6.00. The fourth-order valence-electron chi connectivity index (χ4n) is 1.36. The largest absolute Gasteiger partial charge is 0.304 e. The zero-order valence-electron chi connectivity index (χ0n) is 10.0. The predicted molar refractivity (Wildman–Crippen MR) is 63.0 cm³/mol. The van der Waals surface area contributed by atoms with E-state index in [2.05, 4.69) is 30.0 Å². The first kappa shape index (κ1) is 13.9. The second-order valence-corrected chi connectivity index (χ2v) is 3.76. The maximum absolute atomic E-state index is 3.30. The van der Waals surface area contributed by atoms with Crippen LogP contribution in [-0.2, 0) is 0 Å². The summed E-state index contributed by atoms with van der Waals surface area (Å²) in [6, 6.07) is 0. The Kier molecular flexibility index (Phi) is 10.9. The minimum Gasteiger partial charge on any atom is -0.304 e. The second kappa shape index (κ2) is 11.0. The second-order valence-electron chi connectivity index (χ2n) is 3.76. The van der Waals surface area contributed by atoms with E-state index in [4.69, 9.17) is 0 Å². The van der Waals surface area contributed by atoms with Gasteiger partial charge in [-0.15, -0.1) is 0 Å². The Morgan fingerprint density at radius 1 is 1.00 bits per heavy atom. The van der Waals surface area contributed by atoms with Crippen LogP contribution in [0.25, 0.3) is 0 Å². The van der Waals surface area contributed by atoms with Crippen LogP contribution in [0.15, 0.2) is 0 Å². The molecule has 1 unspecified atom stereocenters. The van der Waals surface area contributed by atoms with Crippen LogP contribution in [-0.4, -0.2) is 19.8 Å². The SMILES string of the molecule is CCCCCNNC(CCCC)NC. The molecule has 0 saturated carbocycles. The van der Waals surface area contributed by atoms with Gasteiger partial charge in [-0.25, -0.2) is 5.43 Å². The average molecular weight is 201 g/mol. The van der Waals surface area contributed by atoms with Crippen molar-refractivity contribution in [1.29, 1.82) is 0 Å². The van der Waals surface area contributed by atoms with E-state index in [-0.39, 0.29) is 0 Å². The Morgan fingerprint density at radius 2 is 1.71 bits per heavy atom. The van der Waals surface area contributed by atoms with Gasteiger partial charge in [0.05, 0.1) is 6.17 Å². The molecule has 0 aromatic carbocycles. The van der Waals surface area contributed by atoms with Gasteiger partial charge in [0.1, 0.15) is 0 Å². The molecule has 0 aliphatic rings. The van der Waals surface area contributed by atoms with Gasteiger partial charge in [-0.1, -0.05) is 39.5 Å². The topological polar surface area (TPSA) is 36.1 Å². The molecule has 0 aromatic rings. The summed E-state index contributed by atoms with van der Waals surface area (Å²) in [5, 5.41) is 3.25. The molecule has 0 aliphatic carbocycles. The van der Waals surface area contributed by atoms with Crippen molar-refractivity contribution in [1.82, 2.24) is 16.2 Å². The van der Waals surface area contributed by atoms with Crippen LogP contribution in [0.4, 0.5) is 0 Å². The van der Waals surface area contributed by atoms with Crippen LogP contribution < -0.4 is 16.2 Å². The Labute approximate surface area is 89.0 Å². The lowest BCUT2D eigenvalue weighted by Gasteiger charge is -2.18. The highest BCUT2D eigenvalue weighted by Gasteiger charge is 2.02. The normalized spacial score (nSPS) is 13.1. The smallest absolute Gasteiger partial charge is 0.0701 e. The van der Waals surface area contributed by atoms with E-state index in [0.29, 0.717) is 6.17 Å². The molecule has 1 atom stereocenters. The molecule has 0 amide bonds. The lowest BCUT2D eigenvalue weighted by atomic mass is 10.2. The number of hydrazine groups is 1. The fourth-order valence-corrected chi connectivity index (χ4v) is 1.36. The molecule has 0 rings (SSSR count). The highest BCUT2D eigenvalue weighted by molar-refractivity contribution is 4.58. The van der Waals surface area contributed by atoms with Gasteiger partial charge in [-0.3, -0.25) is 5.43 Å². The van der Waals surface area contributed by atoms with Gasteiger partial charge >= 0.3 is 0 Å². The molecule has 0 aromatic heterocycles. The molecular formula is C11H27N3. The molecule has 14 heavy (non-hydrogen) atoms. The number of unbranched alkanes of at least 4 members (excludes halogenated alkanes) is 3. The summed E-state index contributed by atoms with van der Waals surface area (Å²) in [6.07, 6.45) is 7.99. The van der Waals surface area contributed by atoms with Crippen molar-refractivity contribution in [2.75, 3.05) is 13.6 Å². The molecule has 3 nitrogen and oxygen atoms in total. The highest BCUT2D eigenvalue weighted by atomic mass is 15.4. The Balaban J connectivity index is 3.24. The van der Waals surface area contributed by atoms with E-state index in [1.165, 1.54) is 38.5 Å². The van der Waals surface area contributed by atoms with Gasteiger partial charge in [-0.2, -0.15) is 0 Å². The van der Waals surface area contributed by atoms with Crippen LogP contribution in [0.5, 0.6) is 0 Å². The summed E-state index contributed by atoms with van der Waals surface area (Å²) in [6.45, 7) is 5.52. The van der Waals surface area contributed by atoms with Gasteiger partial charge in [0.2, 0.25) is 0 Å². The summed E-state index contributed by atoms with van der Waals surface area (Å²) in [5.74, 6) is 0. The molecule has 0 aliphatic heterocycles. The number of rotatable bonds is 10. The average Bonchev–Trinajstić information content (AvgIpc) is 2.22. The summed E-state index contributed by atoms with van der Waals surface area (Å²) in [4.78, 5) is 0. The summed E-state index contributed by atoms with van der Waals surface area (Å²) in [7, 11) is 2.00. The maximum Gasteiger partial charge on any atom is 0.0701 e. The Bertz CT molecular complexity index is 107. The number of hydrogen-bond donors (Lipinski definition) is 3. The molecule has 0 heterocycles. The van der Waals surface area contributed by atoms with Crippen LogP contribution >= 0.6 is 0 Å². The van der Waals surface area contributed by atoms with Crippen molar-refractivity contribution < 1.29 is 0 Å². The summed E-state index contributed by atoms with van der Waals surface area (Å²) in [5.41, 5.74) is 6.57. The lowest BCUT2D eigenvalue weighted by molar-refractivity contribution is 0.358. The minimum atomic E-state index is 0.413. The van der Waals surface area contributed by atoms with Crippen LogP contribution in [0.3, 0.4) is 0 Å². The molecule has 86 valence electrons. The van der Waals surface area contributed by atoms with Crippen LogP contribution in [0.1, 0.15) is 52.4 Å². The fraction of sp³-hybridized carbons (Fsp3) is 1.00. The highest BCUT2D eigenvalue weighted by Crippen LogP contribution is 1.96. The van der Waals surface area contributed by atoms with E-state index < -0.39 is 0 Å². The molecule has 3 heteroatoms. The minimum absolute atomic E-state index is 0.413. The van der Waals surface area contributed by atoms with Gasteiger partial charge < -0.3 is 5.32 Å². The molecule has 0 fully saturated rings. The number of hydrogen-bond acceptors (Lipinski definition) is 3. The van der Waals surface area contributed by atoms with Gasteiger partial charge in [0, 0.05) is 6.54 Å². The molecule has 0 radical (unpaired) electrons. The van der Waals surface area contributed by atoms with Crippen molar-refractivity contribution in [3.8, 4) is 0 Å². The zero-order valence-corrected chi connectivity index (χ0v) is 10.0. The number of nitrogens with one attached hydrogen (secondary N) is 3. The third kappa shape index (κ3) is 8.48. The van der Waals surface area contributed by atoms with Gasteiger partial charge in [0.15, 0.2) is 0 Å². The van der Waals surface area contributed by atoms with E-state index >= 15 is 0 Å². The summed E-state index contributed by atoms with van der Waals surface area (Å²) >= 11 is 0. The molecule has 0 spiro atoms. The van der Waals surface area contributed by atoms with Crippen LogP contribution in [0.2, 0.25) is 0 Å². The molecule has 0 saturated heterocycles. The van der Waals surface area contributed by atoms with E-state index in [9.17, 15) is 0 Å². The maximum atomic E-state index is 3.30. The first-order valence-electron chi connectivity index (χ1n) is 6.00. The third-order valence-electron chi connectivity index (χ3n) is 2.38. The van der Waals surface area contributed by atoms with Gasteiger partial charge in [0.25, 0.3) is 0 Å². The van der Waals surface area contributed by atoms with E-state index in [1.807, 2.05) is 7.05 Å². The predicted octanol–water partition coefficient (Wildman–Crippen LogP) is 2.01. The first-order chi connectivity index (χ1) is 6.85. The third-order valence-corrected chi connectivity index (χ3v) is 2.38. The van der Waals surface area contributed by atoms with Crippen molar-refractivity contribution >= 4 is 0 Å². The standard InChI is InChI=1S/C11H27N3/c1-4-6-8-10-13-14-11(12-3)9-7-5-2/h11-14H,4-10H2,1-3H3. The molecule has 0 bridgehead atoms. The van der Waals surface area contributed by atoms with Crippen molar-refractivity contribution in [2.45, 2.75) is 58.5 Å². The van der Waals surface area contributed by atoms with Crippen molar-refractivity contribution in [3.63, 3.8) is 0 Å². The Morgan fingerprint density at radius 3 is 2.29 bits per heavy atom.